The van der Waals surface area contributed by atoms with E-state index in [0.717, 1.165) is 85.1 Å². The number of nitrogens with one attached hydrogen (secondary N) is 1. The van der Waals surface area contributed by atoms with Crippen LogP contribution in [-0.2, 0) is 17.2 Å². The summed E-state index contributed by atoms with van der Waals surface area (Å²) in [7, 11) is 0.945. The Morgan fingerprint density at radius 2 is 1.91 bits per heavy atom. The highest BCUT2D eigenvalue weighted by molar-refractivity contribution is 7.84. The first-order chi connectivity index (χ1) is 15.9. The van der Waals surface area contributed by atoms with Crippen molar-refractivity contribution in [2.75, 3.05) is 54.7 Å². The predicted molar refractivity (Wildman–Crippen MR) is 136 cm³/mol. The van der Waals surface area contributed by atoms with Gasteiger partial charge < -0.3 is 20.2 Å². The zero-order valence-corrected chi connectivity index (χ0v) is 21.0. The van der Waals surface area contributed by atoms with Crippen LogP contribution in [0.2, 0.25) is 5.02 Å². The largest absolute Gasteiger partial charge is 0.394 e. The molecule has 2 aromatic rings. The van der Waals surface area contributed by atoms with Crippen molar-refractivity contribution in [1.29, 1.82) is 0 Å². The standard InChI is InChI=1S/C25H33ClN4O2S/c1-29-13-10-20-21(29)24(27-23(22(20)33(2)32)28-25(16-31)11-3-12-25)30-14-8-18(9-15-30)17-4-6-19(26)7-5-17/h4-7,18,31H,3,8-16H2,1-2H3,(H,27,28)/t33-/m0/s1. The quantitative estimate of drug-likeness (QED) is 0.636. The van der Waals surface area contributed by atoms with Gasteiger partial charge in [-0.2, -0.15) is 0 Å². The smallest absolute Gasteiger partial charge is 0.155 e. The topological polar surface area (TPSA) is 68.7 Å². The number of hydrogen-bond acceptors (Lipinski definition) is 6. The number of piperidine rings is 1. The fourth-order valence-corrected chi connectivity index (χ4v) is 6.61. The molecule has 0 bridgehead atoms. The van der Waals surface area contributed by atoms with Crippen molar-refractivity contribution in [3.63, 3.8) is 0 Å². The zero-order valence-electron chi connectivity index (χ0n) is 19.4. The van der Waals surface area contributed by atoms with Crippen molar-refractivity contribution in [2.24, 2.45) is 0 Å². The van der Waals surface area contributed by atoms with E-state index in [4.69, 9.17) is 16.6 Å². The summed E-state index contributed by atoms with van der Waals surface area (Å²) in [6, 6.07) is 8.25. The summed E-state index contributed by atoms with van der Waals surface area (Å²) >= 11 is 6.08. The van der Waals surface area contributed by atoms with Gasteiger partial charge in [0.1, 0.15) is 5.82 Å². The second-order valence-electron chi connectivity index (χ2n) is 9.80. The second-order valence-corrected chi connectivity index (χ2v) is 11.5. The van der Waals surface area contributed by atoms with Gasteiger partial charge in [-0.05, 0) is 62.1 Å². The molecule has 1 saturated carbocycles. The van der Waals surface area contributed by atoms with Crippen LogP contribution in [0.1, 0.15) is 49.1 Å². The van der Waals surface area contributed by atoms with Crippen LogP contribution in [0.5, 0.6) is 0 Å². The maximum Gasteiger partial charge on any atom is 0.155 e. The van der Waals surface area contributed by atoms with Gasteiger partial charge in [-0.25, -0.2) is 4.98 Å². The molecular formula is C25H33ClN4O2S. The van der Waals surface area contributed by atoms with Gasteiger partial charge >= 0.3 is 0 Å². The Morgan fingerprint density at radius 3 is 2.48 bits per heavy atom. The first-order valence-corrected chi connectivity index (χ1v) is 13.9. The third-order valence-electron chi connectivity index (χ3n) is 7.70. The van der Waals surface area contributed by atoms with Gasteiger partial charge in [-0.3, -0.25) is 4.21 Å². The molecule has 2 aliphatic heterocycles. The van der Waals surface area contributed by atoms with Crippen LogP contribution in [0.4, 0.5) is 17.3 Å². The van der Waals surface area contributed by atoms with E-state index in [1.165, 1.54) is 5.56 Å². The Bertz CT molecular complexity index is 1040. The van der Waals surface area contributed by atoms with Crippen LogP contribution in [0.25, 0.3) is 0 Å². The lowest BCUT2D eigenvalue weighted by Crippen LogP contribution is -2.49. The van der Waals surface area contributed by atoms with Gasteiger partial charge in [0, 0.05) is 43.5 Å². The molecule has 1 atom stereocenters. The highest BCUT2D eigenvalue weighted by Gasteiger charge is 2.39. The monoisotopic (exact) mass is 488 g/mol. The van der Waals surface area contributed by atoms with Crippen molar-refractivity contribution in [3.8, 4) is 0 Å². The number of pyridine rings is 1. The molecule has 0 amide bonds. The molecule has 178 valence electrons. The molecule has 0 unspecified atom stereocenters. The van der Waals surface area contributed by atoms with Gasteiger partial charge in [0.2, 0.25) is 0 Å². The number of aromatic nitrogens is 1. The van der Waals surface area contributed by atoms with Gasteiger partial charge in [0.25, 0.3) is 0 Å². The molecule has 1 aliphatic carbocycles. The van der Waals surface area contributed by atoms with Crippen molar-refractivity contribution in [3.05, 3.63) is 40.4 Å². The number of likely N-dealkylation sites (N-methyl/N-ethyl adjacent to an activating group) is 1. The number of anilines is 3. The predicted octanol–water partition coefficient (Wildman–Crippen LogP) is 4.18. The number of benzene rings is 1. The molecule has 1 aromatic carbocycles. The molecule has 0 radical (unpaired) electrons. The van der Waals surface area contributed by atoms with Gasteiger partial charge in [0.15, 0.2) is 5.82 Å². The molecule has 1 saturated heterocycles. The number of nitrogens with zero attached hydrogens (tertiary/aromatic N) is 3. The van der Waals surface area contributed by atoms with Gasteiger partial charge in [-0.15, -0.1) is 0 Å². The summed E-state index contributed by atoms with van der Waals surface area (Å²) in [5, 5.41) is 14.4. The van der Waals surface area contributed by atoms with Crippen molar-refractivity contribution >= 4 is 39.7 Å². The van der Waals surface area contributed by atoms with Gasteiger partial charge in [0.05, 0.1) is 33.5 Å². The van der Waals surface area contributed by atoms with E-state index in [1.54, 1.807) is 6.26 Å². The summed E-state index contributed by atoms with van der Waals surface area (Å²) in [4.78, 5) is 10.6. The maximum absolute atomic E-state index is 12.9. The molecule has 1 aromatic heterocycles. The van der Waals surface area contributed by atoms with Crippen molar-refractivity contribution < 1.29 is 9.32 Å². The summed E-state index contributed by atoms with van der Waals surface area (Å²) in [6.07, 6.45) is 7.67. The van der Waals surface area contributed by atoms with E-state index in [2.05, 4.69) is 34.3 Å². The second kappa shape index (κ2) is 9.08. The van der Waals surface area contributed by atoms with E-state index in [-0.39, 0.29) is 12.1 Å². The summed E-state index contributed by atoms with van der Waals surface area (Å²) in [6.45, 7) is 2.84. The summed E-state index contributed by atoms with van der Waals surface area (Å²) in [5.74, 6) is 2.22. The third kappa shape index (κ3) is 4.24. The fourth-order valence-electron chi connectivity index (χ4n) is 5.57. The lowest BCUT2D eigenvalue weighted by Gasteiger charge is -2.42. The Kier molecular flexibility index (Phi) is 6.31. The molecule has 3 aliphatic rings. The number of aliphatic hydroxyl groups is 1. The van der Waals surface area contributed by atoms with Crippen LogP contribution < -0.4 is 15.1 Å². The summed E-state index contributed by atoms with van der Waals surface area (Å²) < 4.78 is 12.9. The van der Waals surface area contributed by atoms with E-state index in [1.807, 2.05) is 12.1 Å². The minimum absolute atomic E-state index is 0.0727. The first kappa shape index (κ1) is 22.9. The molecule has 33 heavy (non-hydrogen) atoms. The molecule has 0 spiro atoms. The maximum atomic E-state index is 12.9. The highest BCUT2D eigenvalue weighted by atomic mass is 35.5. The van der Waals surface area contributed by atoms with E-state index in [0.29, 0.717) is 11.7 Å². The average Bonchev–Trinajstić information content (AvgIpc) is 3.17. The van der Waals surface area contributed by atoms with E-state index >= 15 is 0 Å². The van der Waals surface area contributed by atoms with Crippen LogP contribution >= 0.6 is 11.6 Å². The van der Waals surface area contributed by atoms with Gasteiger partial charge in [-0.1, -0.05) is 23.7 Å². The Labute approximate surface area is 203 Å². The number of fused-ring (bicyclic) bond motifs is 1. The highest BCUT2D eigenvalue weighted by Crippen LogP contribution is 2.45. The number of aliphatic hydroxyl groups excluding tert-OH is 1. The van der Waals surface area contributed by atoms with Crippen LogP contribution in [-0.4, -0.2) is 59.4 Å². The van der Waals surface area contributed by atoms with Crippen molar-refractivity contribution in [2.45, 2.75) is 54.9 Å². The molecule has 5 rings (SSSR count). The molecule has 8 heteroatoms. The minimum atomic E-state index is -1.16. The molecule has 6 nitrogen and oxygen atoms in total. The minimum Gasteiger partial charge on any atom is -0.394 e. The first-order valence-electron chi connectivity index (χ1n) is 11.9. The Balaban J connectivity index is 1.47. The van der Waals surface area contributed by atoms with E-state index in [9.17, 15) is 9.32 Å². The number of rotatable bonds is 6. The van der Waals surface area contributed by atoms with E-state index < -0.39 is 10.8 Å². The number of halogens is 1. The zero-order chi connectivity index (χ0) is 23.2. The fraction of sp³-hybridized carbons (Fsp3) is 0.560. The number of hydrogen-bond donors (Lipinski definition) is 2. The SMILES string of the molecule is CN1CCc2c1c(N1CCC(c3ccc(Cl)cc3)CC1)nc(NC1(CO)CCC1)c2[S@](C)=O. The van der Waals surface area contributed by atoms with Crippen LogP contribution in [0, 0.1) is 0 Å². The third-order valence-corrected chi connectivity index (χ3v) is 8.97. The Morgan fingerprint density at radius 1 is 1.21 bits per heavy atom. The summed E-state index contributed by atoms with van der Waals surface area (Å²) in [5.41, 5.74) is 3.29. The van der Waals surface area contributed by atoms with Crippen LogP contribution in [0.3, 0.4) is 0 Å². The lowest BCUT2D eigenvalue weighted by atomic mass is 9.77. The normalized spacial score (nSPS) is 21.0. The molecular weight excluding hydrogens is 456 g/mol. The molecule has 2 N–H and O–H groups in total. The van der Waals surface area contributed by atoms with Crippen LogP contribution in [0.15, 0.2) is 29.2 Å². The molecule has 3 heterocycles. The van der Waals surface area contributed by atoms with Crippen molar-refractivity contribution in [1.82, 2.24) is 4.98 Å². The Hall–Kier alpha value is -1.83. The average molecular weight is 489 g/mol. The lowest BCUT2D eigenvalue weighted by molar-refractivity contribution is 0.143. The molecule has 2 fully saturated rings.